The molecule has 1 heterocycles. The number of aromatic hydroxyl groups is 1. The third-order valence-electron chi connectivity index (χ3n) is 3.59. The number of phenolic OH excluding ortho intramolecular Hbond substituents is 1. The van der Waals surface area contributed by atoms with Crippen LogP contribution in [0.15, 0.2) is 36.0 Å². The first kappa shape index (κ1) is 16.8. The number of nitrogens with one attached hydrogen (secondary N) is 1. The van der Waals surface area contributed by atoms with E-state index >= 15 is 0 Å². The number of nitrogens with zero attached hydrogens (tertiary/aromatic N) is 2. The summed E-state index contributed by atoms with van der Waals surface area (Å²) in [7, 11) is -1.40. The second kappa shape index (κ2) is 6.71. The van der Waals surface area contributed by atoms with Gasteiger partial charge in [-0.25, -0.2) is 8.42 Å². The average molecular weight is 335 g/mol. The molecule has 0 bridgehead atoms. The van der Waals surface area contributed by atoms with Crippen molar-refractivity contribution in [2.24, 2.45) is 0 Å². The summed E-state index contributed by atoms with van der Waals surface area (Å²) in [5.41, 5.74) is 0.224. The van der Waals surface area contributed by atoms with Crippen LogP contribution in [-0.2, 0) is 14.6 Å². The van der Waals surface area contributed by atoms with Gasteiger partial charge in [-0.1, -0.05) is 6.07 Å². The van der Waals surface area contributed by atoms with Crippen LogP contribution < -0.4 is 5.32 Å². The highest BCUT2D eigenvalue weighted by atomic mass is 32.2. The first-order valence-electron chi connectivity index (χ1n) is 6.95. The Morgan fingerprint density at radius 1 is 1.52 bits per heavy atom. The van der Waals surface area contributed by atoms with Gasteiger partial charge in [-0.05, 0) is 18.6 Å². The molecule has 2 N–H and O–H groups in total. The zero-order valence-electron chi connectivity index (χ0n) is 12.6. The van der Waals surface area contributed by atoms with E-state index in [1.807, 2.05) is 6.07 Å². The molecule has 23 heavy (non-hydrogen) atoms. The molecule has 1 amide bonds. The van der Waals surface area contributed by atoms with Gasteiger partial charge in [0.2, 0.25) is 0 Å². The molecule has 122 valence electrons. The quantitative estimate of drug-likeness (QED) is 0.623. The van der Waals surface area contributed by atoms with E-state index in [-0.39, 0.29) is 28.9 Å². The van der Waals surface area contributed by atoms with Crippen LogP contribution in [0, 0.1) is 11.3 Å². The molecule has 1 unspecified atom stereocenters. The van der Waals surface area contributed by atoms with E-state index in [1.165, 1.54) is 18.3 Å². The molecule has 8 heteroatoms. The summed E-state index contributed by atoms with van der Waals surface area (Å²) in [5, 5.41) is 21.0. The van der Waals surface area contributed by atoms with Gasteiger partial charge in [-0.2, -0.15) is 5.26 Å². The van der Waals surface area contributed by atoms with E-state index in [9.17, 15) is 18.3 Å². The van der Waals surface area contributed by atoms with Crippen LogP contribution in [0.5, 0.6) is 5.75 Å². The van der Waals surface area contributed by atoms with E-state index in [4.69, 9.17) is 5.26 Å². The maximum atomic E-state index is 12.1. The van der Waals surface area contributed by atoms with Gasteiger partial charge in [0.05, 0.1) is 11.5 Å². The number of carbonyl (C=O) groups excluding carboxylic acids is 1. The average Bonchev–Trinajstić information content (AvgIpc) is 2.84. The molecule has 1 saturated heterocycles. The minimum absolute atomic E-state index is 0.00133. The summed E-state index contributed by atoms with van der Waals surface area (Å²) in [6.07, 6.45) is 1.83. The van der Waals surface area contributed by atoms with Crippen molar-refractivity contribution in [3.63, 3.8) is 0 Å². The lowest BCUT2D eigenvalue weighted by molar-refractivity contribution is -0.112. The van der Waals surface area contributed by atoms with E-state index in [0.29, 0.717) is 12.1 Å². The third kappa shape index (κ3) is 4.47. The molecule has 2 rings (SSSR count). The van der Waals surface area contributed by atoms with Gasteiger partial charge >= 0.3 is 0 Å². The summed E-state index contributed by atoms with van der Waals surface area (Å²) in [5.74, 6) is -0.482. The number of hydrogen-bond donors (Lipinski definition) is 2. The number of rotatable bonds is 4. The van der Waals surface area contributed by atoms with Gasteiger partial charge in [0, 0.05) is 31.0 Å². The molecule has 0 aliphatic carbocycles. The number of nitriles is 1. The Hall–Kier alpha value is -2.53. The molecule has 1 atom stereocenters. The van der Waals surface area contributed by atoms with Gasteiger partial charge in [0.15, 0.2) is 9.84 Å². The Morgan fingerprint density at radius 3 is 2.83 bits per heavy atom. The summed E-state index contributed by atoms with van der Waals surface area (Å²) in [6, 6.07) is 7.54. The Balaban J connectivity index is 2.09. The fraction of sp³-hybridized carbons (Fsp3) is 0.333. The Kier molecular flexibility index (Phi) is 4.91. The maximum Gasteiger partial charge on any atom is 0.267 e. The molecule has 7 nitrogen and oxygen atoms in total. The number of phenols is 1. The number of hydrogen-bond acceptors (Lipinski definition) is 6. The fourth-order valence-corrected chi connectivity index (χ4v) is 4.11. The van der Waals surface area contributed by atoms with Crippen LogP contribution in [0.4, 0.5) is 5.69 Å². The predicted molar refractivity (Wildman–Crippen MR) is 85.3 cm³/mol. The van der Waals surface area contributed by atoms with E-state index in [2.05, 4.69) is 5.32 Å². The number of sulfone groups is 1. The van der Waals surface area contributed by atoms with Crippen molar-refractivity contribution >= 4 is 21.4 Å². The lowest BCUT2D eigenvalue weighted by Crippen LogP contribution is -2.29. The zero-order valence-corrected chi connectivity index (χ0v) is 13.4. The minimum Gasteiger partial charge on any atom is -0.508 e. The largest absolute Gasteiger partial charge is 0.508 e. The van der Waals surface area contributed by atoms with Gasteiger partial charge in [-0.3, -0.25) is 4.79 Å². The SMILES string of the molecule is CN(/C=C(/C#N)C(=O)Nc1cccc(O)c1)C1CCS(=O)(=O)C1. The summed E-state index contributed by atoms with van der Waals surface area (Å²) in [6.45, 7) is 0. The van der Waals surface area contributed by atoms with Gasteiger partial charge < -0.3 is 15.3 Å². The van der Waals surface area contributed by atoms with Crippen molar-refractivity contribution in [1.82, 2.24) is 4.90 Å². The van der Waals surface area contributed by atoms with Crippen molar-refractivity contribution in [1.29, 1.82) is 5.26 Å². The number of anilines is 1. The van der Waals surface area contributed by atoms with Crippen LogP contribution in [0.1, 0.15) is 6.42 Å². The Labute approximate surface area is 134 Å². The monoisotopic (exact) mass is 335 g/mol. The van der Waals surface area contributed by atoms with Crippen LogP contribution in [0.2, 0.25) is 0 Å². The molecule has 1 aliphatic heterocycles. The molecule has 1 aliphatic rings. The smallest absolute Gasteiger partial charge is 0.267 e. The highest BCUT2D eigenvalue weighted by Gasteiger charge is 2.30. The summed E-state index contributed by atoms with van der Waals surface area (Å²) < 4.78 is 23.0. The molecule has 0 radical (unpaired) electrons. The maximum absolute atomic E-state index is 12.1. The van der Waals surface area contributed by atoms with Gasteiger partial charge in [0.1, 0.15) is 17.4 Å². The van der Waals surface area contributed by atoms with Crippen molar-refractivity contribution in [3.05, 3.63) is 36.0 Å². The molecule has 1 aromatic rings. The number of carbonyl (C=O) groups is 1. The van der Waals surface area contributed by atoms with Crippen LogP contribution in [-0.4, -0.2) is 48.9 Å². The normalized spacial score (nSPS) is 19.8. The molecular formula is C15H17N3O4S. The first-order valence-corrected chi connectivity index (χ1v) is 8.77. The zero-order chi connectivity index (χ0) is 17.0. The molecule has 0 spiro atoms. The highest BCUT2D eigenvalue weighted by molar-refractivity contribution is 7.91. The Bertz CT molecular complexity index is 780. The minimum atomic E-state index is -3.04. The van der Waals surface area contributed by atoms with Crippen LogP contribution in [0.3, 0.4) is 0 Å². The first-order chi connectivity index (χ1) is 10.8. The van der Waals surface area contributed by atoms with Gasteiger partial charge in [-0.15, -0.1) is 0 Å². The standard InChI is InChI=1S/C15H17N3O4S/c1-18(13-5-6-23(21,22)10-13)9-11(8-16)15(20)17-12-3-2-4-14(19)7-12/h2-4,7,9,13,19H,5-6,10H2,1H3,(H,17,20)/b11-9-. The van der Waals surface area contributed by atoms with Crippen molar-refractivity contribution in [2.45, 2.75) is 12.5 Å². The second-order valence-electron chi connectivity index (χ2n) is 5.38. The number of benzene rings is 1. The summed E-state index contributed by atoms with van der Waals surface area (Å²) >= 11 is 0. The van der Waals surface area contributed by atoms with Crippen LogP contribution >= 0.6 is 0 Å². The molecule has 0 aromatic heterocycles. The molecular weight excluding hydrogens is 318 g/mol. The summed E-state index contributed by atoms with van der Waals surface area (Å²) in [4.78, 5) is 13.7. The van der Waals surface area contributed by atoms with E-state index < -0.39 is 15.7 Å². The lowest BCUT2D eigenvalue weighted by atomic mass is 10.2. The second-order valence-corrected chi connectivity index (χ2v) is 7.61. The molecule has 1 fully saturated rings. The van der Waals surface area contributed by atoms with Crippen LogP contribution in [0.25, 0.3) is 0 Å². The lowest BCUT2D eigenvalue weighted by Gasteiger charge is -2.21. The molecule has 0 saturated carbocycles. The number of amides is 1. The molecule has 1 aromatic carbocycles. The predicted octanol–water partition coefficient (Wildman–Crippen LogP) is 0.857. The third-order valence-corrected chi connectivity index (χ3v) is 5.34. The Morgan fingerprint density at radius 2 is 2.26 bits per heavy atom. The van der Waals surface area contributed by atoms with Crippen molar-refractivity contribution in [3.8, 4) is 11.8 Å². The highest BCUT2D eigenvalue weighted by Crippen LogP contribution is 2.19. The topological polar surface area (TPSA) is 110 Å². The van der Waals surface area contributed by atoms with Gasteiger partial charge in [0.25, 0.3) is 5.91 Å². The van der Waals surface area contributed by atoms with E-state index in [0.717, 1.165) is 0 Å². The van der Waals surface area contributed by atoms with Crippen molar-refractivity contribution < 1.29 is 18.3 Å². The van der Waals surface area contributed by atoms with E-state index in [1.54, 1.807) is 24.1 Å². The van der Waals surface area contributed by atoms with Crippen molar-refractivity contribution in [2.75, 3.05) is 23.9 Å². The fourth-order valence-electron chi connectivity index (χ4n) is 2.33.